The Bertz CT molecular complexity index is 1160. The van der Waals surface area contributed by atoms with Gasteiger partial charge in [-0.1, -0.05) is 78.9 Å². The molecule has 1 heteroatoms. The predicted molar refractivity (Wildman–Crippen MR) is 118 cm³/mol. The monoisotopic (exact) mass is 359 g/mol. The molecule has 0 amide bonds. The Morgan fingerprint density at radius 1 is 0.714 bits per heavy atom. The van der Waals surface area contributed by atoms with Crippen molar-refractivity contribution in [2.45, 2.75) is 13.0 Å². The minimum atomic E-state index is 0.346. The summed E-state index contributed by atoms with van der Waals surface area (Å²) in [5.41, 5.74) is 12.2. The third kappa shape index (κ3) is 2.02. The zero-order valence-corrected chi connectivity index (χ0v) is 15.9. The first-order valence-electron chi connectivity index (χ1n) is 10.1. The highest BCUT2D eigenvalue weighted by Gasteiger charge is 2.33. The van der Waals surface area contributed by atoms with Gasteiger partial charge in [0.2, 0.25) is 0 Å². The molecule has 0 saturated carbocycles. The molecule has 1 unspecified atom stereocenters. The average Bonchev–Trinajstić information content (AvgIpc) is 3.26. The maximum absolute atomic E-state index is 2.50. The van der Waals surface area contributed by atoms with Gasteiger partial charge >= 0.3 is 0 Å². The van der Waals surface area contributed by atoms with Crippen LogP contribution in [-0.2, 0) is 0 Å². The summed E-state index contributed by atoms with van der Waals surface area (Å²) in [7, 11) is 0. The van der Waals surface area contributed by atoms with E-state index in [0.717, 1.165) is 6.54 Å². The quantitative estimate of drug-likeness (QED) is 0.384. The number of anilines is 1. The van der Waals surface area contributed by atoms with Crippen LogP contribution in [-0.4, -0.2) is 12.6 Å². The van der Waals surface area contributed by atoms with Crippen LogP contribution in [0.1, 0.15) is 23.6 Å². The van der Waals surface area contributed by atoms with Crippen LogP contribution in [0.2, 0.25) is 0 Å². The fourth-order valence-electron chi connectivity index (χ4n) is 5.08. The molecule has 2 aliphatic carbocycles. The van der Waals surface area contributed by atoms with Crippen molar-refractivity contribution >= 4 is 16.8 Å². The summed E-state index contributed by atoms with van der Waals surface area (Å²) in [6.07, 6.45) is 7.13. The van der Waals surface area contributed by atoms with E-state index in [0.29, 0.717) is 6.04 Å². The van der Waals surface area contributed by atoms with Crippen molar-refractivity contribution in [3.8, 4) is 11.1 Å². The molecule has 1 heterocycles. The van der Waals surface area contributed by atoms with E-state index in [-0.39, 0.29) is 0 Å². The molecule has 0 fully saturated rings. The Morgan fingerprint density at radius 3 is 1.93 bits per heavy atom. The van der Waals surface area contributed by atoms with Gasteiger partial charge in [-0.15, -0.1) is 0 Å². The van der Waals surface area contributed by atoms with E-state index >= 15 is 0 Å². The Balaban J connectivity index is 1.61. The molecule has 6 rings (SSSR count). The summed E-state index contributed by atoms with van der Waals surface area (Å²) in [6.45, 7) is 3.26. The predicted octanol–water partition coefficient (Wildman–Crippen LogP) is 6.33. The molecule has 3 aromatic carbocycles. The highest BCUT2D eigenvalue weighted by atomic mass is 15.2. The second-order valence-corrected chi connectivity index (χ2v) is 7.63. The molecule has 0 bridgehead atoms. The van der Waals surface area contributed by atoms with Crippen molar-refractivity contribution < 1.29 is 0 Å². The van der Waals surface area contributed by atoms with E-state index in [1.165, 1.54) is 50.2 Å². The number of rotatable bonds is 1. The highest BCUT2D eigenvalue weighted by molar-refractivity contribution is 6.05. The summed E-state index contributed by atoms with van der Waals surface area (Å²) in [5.74, 6) is 0. The van der Waals surface area contributed by atoms with E-state index in [2.05, 4.69) is 103 Å². The van der Waals surface area contributed by atoms with Gasteiger partial charge in [0, 0.05) is 17.8 Å². The Labute approximate surface area is 166 Å². The molecule has 134 valence electrons. The molecule has 1 nitrogen and oxygen atoms in total. The van der Waals surface area contributed by atoms with Crippen LogP contribution < -0.4 is 4.90 Å². The van der Waals surface area contributed by atoms with Gasteiger partial charge in [0.25, 0.3) is 0 Å². The number of para-hydroxylation sites is 1. The lowest BCUT2D eigenvalue weighted by Crippen LogP contribution is -2.30. The second kappa shape index (κ2) is 5.84. The normalized spacial score (nSPS) is 18.5. The van der Waals surface area contributed by atoms with E-state index in [1.54, 1.807) is 0 Å². The molecule has 0 radical (unpaired) electrons. The van der Waals surface area contributed by atoms with Crippen LogP contribution in [0.5, 0.6) is 0 Å². The lowest BCUT2D eigenvalue weighted by molar-refractivity contribution is 0.846. The highest BCUT2D eigenvalue weighted by Crippen LogP contribution is 2.49. The van der Waals surface area contributed by atoms with Crippen LogP contribution >= 0.6 is 0 Å². The maximum atomic E-state index is 2.50. The zero-order chi connectivity index (χ0) is 18.7. The smallest absolute Gasteiger partial charge is 0.0736 e. The Hall–Kier alpha value is -3.32. The number of hydrogen-bond donors (Lipinski definition) is 0. The number of nitrogens with zero attached hydrogens (tertiary/aromatic N) is 1. The summed E-state index contributed by atoms with van der Waals surface area (Å²) in [6, 6.07) is 26.7. The minimum absolute atomic E-state index is 0.346. The van der Waals surface area contributed by atoms with E-state index in [4.69, 9.17) is 0 Å². The van der Waals surface area contributed by atoms with Crippen molar-refractivity contribution in [1.82, 2.24) is 0 Å². The lowest BCUT2D eigenvalue weighted by Gasteiger charge is -2.26. The number of allylic oxidation sites excluding steroid dienone is 3. The van der Waals surface area contributed by atoms with E-state index in [1.807, 2.05) is 0 Å². The van der Waals surface area contributed by atoms with Crippen molar-refractivity contribution in [2.75, 3.05) is 11.4 Å². The first-order chi connectivity index (χ1) is 13.9. The molecule has 3 aromatic rings. The summed E-state index contributed by atoms with van der Waals surface area (Å²) >= 11 is 0. The molecular weight excluding hydrogens is 338 g/mol. The Kier molecular flexibility index (Phi) is 3.28. The SMILES string of the molecule is CCN1c2ccccc2C2=CC(=C3c4ccccc4-c4ccccc43)C=CC21. The van der Waals surface area contributed by atoms with E-state index < -0.39 is 0 Å². The zero-order valence-electron chi connectivity index (χ0n) is 15.9. The largest absolute Gasteiger partial charge is 0.361 e. The second-order valence-electron chi connectivity index (χ2n) is 7.63. The van der Waals surface area contributed by atoms with Gasteiger partial charge in [-0.25, -0.2) is 0 Å². The van der Waals surface area contributed by atoms with Crippen LogP contribution in [0.15, 0.2) is 96.6 Å². The summed E-state index contributed by atoms with van der Waals surface area (Å²) in [5, 5.41) is 0. The number of likely N-dealkylation sites (N-methyl/N-ethyl adjacent to an activating group) is 1. The third-order valence-electron chi connectivity index (χ3n) is 6.26. The molecule has 0 N–H and O–H groups in total. The minimum Gasteiger partial charge on any atom is -0.361 e. The van der Waals surface area contributed by atoms with Crippen molar-refractivity contribution in [3.05, 3.63) is 113 Å². The summed E-state index contributed by atoms with van der Waals surface area (Å²) < 4.78 is 0. The van der Waals surface area contributed by atoms with Crippen LogP contribution in [0, 0.1) is 0 Å². The lowest BCUT2D eigenvalue weighted by atomic mass is 9.89. The molecule has 1 atom stereocenters. The first-order valence-corrected chi connectivity index (χ1v) is 10.1. The fraction of sp³-hybridized carbons (Fsp3) is 0.111. The van der Waals surface area contributed by atoms with Crippen LogP contribution in [0.3, 0.4) is 0 Å². The maximum Gasteiger partial charge on any atom is 0.0736 e. The van der Waals surface area contributed by atoms with Gasteiger partial charge in [0.05, 0.1) is 6.04 Å². The van der Waals surface area contributed by atoms with E-state index in [9.17, 15) is 0 Å². The first kappa shape index (κ1) is 15.7. The number of hydrogen-bond acceptors (Lipinski definition) is 1. The average molecular weight is 359 g/mol. The van der Waals surface area contributed by atoms with Crippen molar-refractivity contribution in [3.63, 3.8) is 0 Å². The van der Waals surface area contributed by atoms with Gasteiger partial charge < -0.3 is 4.90 Å². The van der Waals surface area contributed by atoms with Crippen LogP contribution in [0.4, 0.5) is 5.69 Å². The Morgan fingerprint density at radius 2 is 1.29 bits per heavy atom. The molecule has 28 heavy (non-hydrogen) atoms. The standard InChI is InChI=1S/C27H21N/c1-2-28-25-14-8-7-11-21(25)24-17-18(15-16-26(24)28)27-22-12-5-3-9-19(22)20-10-4-6-13-23(20)27/h3-17,26H,2H2,1H3. The van der Waals surface area contributed by atoms with Crippen molar-refractivity contribution in [2.24, 2.45) is 0 Å². The molecule has 0 spiro atoms. The molecular formula is C27H21N. The fourth-order valence-corrected chi connectivity index (χ4v) is 5.08. The molecule has 0 saturated heterocycles. The molecule has 1 aliphatic heterocycles. The van der Waals surface area contributed by atoms with Crippen LogP contribution in [0.25, 0.3) is 22.3 Å². The van der Waals surface area contributed by atoms with Gasteiger partial charge in [-0.05, 0) is 58.0 Å². The van der Waals surface area contributed by atoms with Crippen molar-refractivity contribution in [1.29, 1.82) is 0 Å². The summed E-state index contributed by atoms with van der Waals surface area (Å²) in [4.78, 5) is 2.50. The van der Waals surface area contributed by atoms with Gasteiger partial charge in [0.15, 0.2) is 0 Å². The van der Waals surface area contributed by atoms with Gasteiger partial charge in [-0.2, -0.15) is 0 Å². The topological polar surface area (TPSA) is 3.24 Å². The third-order valence-corrected chi connectivity index (χ3v) is 6.26. The molecule has 3 aliphatic rings. The number of benzene rings is 3. The molecule has 0 aromatic heterocycles. The number of fused-ring (bicyclic) bond motifs is 6. The van der Waals surface area contributed by atoms with Gasteiger partial charge in [0.1, 0.15) is 0 Å². The van der Waals surface area contributed by atoms with Gasteiger partial charge in [-0.3, -0.25) is 0 Å².